The number of hydrogen-bond donors (Lipinski definition) is 0. The van der Waals surface area contributed by atoms with Gasteiger partial charge in [-0.3, -0.25) is 13.8 Å². The summed E-state index contributed by atoms with van der Waals surface area (Å²) in [6.07, 6.45) is 0.909. The van der Waals surface area contributed by atoms with Crippen molar-refractivity contribution in [2.45, 2.75) is 31.4 Å². The molecule has 86 valence electrons. The van der Waals surface area contributed by atoms with Crippen LogP contribution in [0.15, 0.2) is 0 Å². The Morgan fingerprint density at radius 3 is 2.60 bits per heavy atom. The zero-order valence-corrected chi connectivity index (χ0v) is 9.08. The van der Waals surface area contributed by atoms with E-state index in [1.165, 1.54) is 0 Å². The first-order valence-electron chi connectivity index (χ1n) is 4.60. The average Bonchev–Trinajstić information content (AvgIpc) is 2.46. The number of rotatable bonds is 5. The smallest absolute Gasteiger partial charge is 0.335 e. The lowest BCUT2D eigenvalue weighted by atomic mass is 10.4. The molecule has 1 aliphatic rings. The van der Waals surface area contributed by atoms with Crippen LogP contribution >= 0.6 is 0 Å². The molecule has 0 aromatic heterocycles. The van der Waals surface area contributed by atoms with Crippen LogP contribution in [0.3, 0.4) is 0 Å². The third kappa shape index (κ3) is 3.00. The highest BCUT2D eigenvalue weighted by Gasteiger charge is 2.44. The molecular weight excluding hydrogens is 224 g/mol. The Morgan fingerprint density at radius 2 is 2.13 bits per heavy atom. The minimum absolute atomic E-state index is 0.0246. The lowest BCUT2D eigenvalue weighted by Gasteiger charge is -2.06. The van der Waals surface area contributed by atoms with E-state index in [1.807, 2.05) is 6.92 Å². The van der Waals surface area contributed by atoms with Crippen molar-refractivity contribution in [1.82, 2.24) is 0 Å². The van der Waals surface area contributed by atoms with Crippen molar-refractivity contribution >= 4 is 22.1 Å². The van der Waals surface area contributed by atoms with Gasteiger partial charge < -0.3 is 4.74 Å². The summed E-state index contributed by atoms with van der Waals surface area (Å²) >= 11 is 0. The van der Waals surface area contributed by atoms with Crippen LogP contribution in [-0.2, 0) is 28.6 Å². The van der Waals surface area contributed by atoms with Gasteiger partial charge in [-0.25, -0.2) is 0 Å². The number of esters is 2. The van der Waals surface area contributed by atoms with Crippen molar-refractivity contribution in [3.05, 3.63) is 0 Å². The first kappa shape index (κ1) is 12.1. The van der Waals surface area contributed by atoms with Gasteiger partial charge >= 0.3 is 11.9 Å². The molecule has 1 atom stereocenters. The van der Waals surface area contributed by atoms with E-state index in [1.54, 1.807) is 0 Å². The fourth-order valence-corrected chi connectivity index (χ4v) is 2.21. The molecule has 6 nitrogen and oxygen atoms in total. The Hall–Kier alpha value is -0.950. The van der Waals surface area contributed by atoms with Crippen molar-refractivity contribution < 1.29 is 26.9 Å². The average molecular weight is 236 g/mol. The second-order valence-corrected chi connectivity index (χ2v) is 4.94. The molecule has 0 aliphatic carbocycles. The van der Waals surface area contributed by atoms with Crippen LogP contribution < -0.4 is 0 Å². The van der Waals surface area contributed by atoms with Crippen LogP contribution in [0.4, 0.5) is 0 Å². The Bertz CT molecular complexity index is 357. The SMILES string of the molecule is CCCCOS(=O)(=O)C1CC(=O)OC1=O. The second-order valence-electron chi connectivity index (χ2n) is 3.15. The van der Waals surface area contributed by atoms with E-state index >= 15 is 0 Å². The van der Waals surface area contributed by atoms with E-state index in [-0.39, 0.29) is 6.61 Å². The van der Waals surface area contributed by atoms with E-state index in [2.05, 4.69) is 8.92 Å². The third-order valence-electron chi connectivity index (χ3n) is 1.92. The Balaban J connectivity index is 2.62. The highest BCUT2D eigenvalue weighted by Crippen LogP contribution is 2.18. The largest absolute Gasteiger partial charge is 0.392 e. The molecule has 0 saturated carbocycles. The number of carbonyl (C=O) groups is 2. The van der Waals surface area contributed by atoms with Gasteiger partial charge in [0.05, 0.1) is 13.0 Å². The molecule has 0 spiro atoms. The molecule has 1 aliphatic heterocycles. The topological polar surface area (TPSA) is 86.7 Å². The van der Waals surface area contributed by atoms with Crippen LogP contribution in [-0.4, -0.2) is 32.2 Å². The van der Waals surface area contributed by atoms with Crippen LogP contribution in [0, 0.1) is 0 Å². The van der Waals surface area contributed by atoms with Gasteiger partial charge in [0.25, 0.3) is 10.1 Å². The lowest BCUT2D eigenvalue weighted by Crippen LogP contribution is -2.28. The lowest BCUT2D eigenvalue weighted by molar-refractivity contribution is -0.151. The highest BCUT2D eigenvalue weighted by atomic mass is 32.2. The maximum Gasteiger partial charge on any atom is 0.335 e. The van der Waals surface area contributed by atoms with Gasteiger partial charge in [-0.15, -0.1) is 0 Å². The summed E-state index contributed by atoms with van der Waals surface area (Å²) in [4.78, 5) is 21.6. The summed E-state index contributed by atoms with van der Waals surface area (Å²) < 4.78 is 31.5. The van der Waals surface area contributed by atoms with E-state index in [4.69, 9.17) is 0 Å². The predicted molar refractivity (Wildman–Crippen MR) is 49.3 cm³/mol. The number of unbranched alkanes of at least 4 members (excludes halogenated alkanes) is 1. The molecule has 0 aromatic rings. The summed E-state index contributed by atoms with van der Waals surface area (Å²) in [7, 11) is -4.01. The van der Waals surface area contributed by atoms with E-state index in [9.17, 15) is 18.0 Å². The van der Waals surface area contributed by atoms with Crippen molar-refractivity contribution in [2.24, 2.45) is 0 Å². The molecule has 0 radical (unpaired) electrons. The Morgan fingerprint density at radius 1 is 1.47 bits per heavy atom. The number of carbonyl (C=O) groups excluding carboxylic acids is 2. The normalized spacial score (nSPS) is 21.8. The number of cyclic esters (lactones) is 2. The molecule has 0 aromatic carbocycles. The highest BCUT2D eigenvalue weighted by molar-refractivity contribution is 7.88. The van der Waals surface area contributed by atoms with Crippen molar-refractivity contribution in [3.63, 3.8) is 0 Å². The third-order valence-corrected chi connectivity index (χ3v) is 3.47. The summed E-state index contributed by atoms with van der Waals surface area (Å²) in [5.41, 5.74) is 0. The zero-order valence-electron chi connectivity index (χ0n) is 8.26. The second kappa shape index (κ2) is 4.71. The molecule has 1 heterocycles. The van der Waals surface area contributed by atoms with Crippen LogP contribution in [0.2, 0.25) is 0 Å². The first-order chi connectivity index (χ1) is 6.97. The zero-order chi connectivity index (χ0) is 11.5. The predicted octanol–water partition coefficient (Wildman–Crippen LogP) is -0.0250. The monoisotopic (exact) mass is 236 g/mol. The molecule has 0 amide bonds. The van der Waals surface area contributed by atoms with E-state index in [0.717, 1.165) is 6.42 Å². The van der Waals surface area contributed by atoms with Gasteiger partial charge in [-0.05, 0) is 6.42 Å². The first-order valence-corrected chi connectivity index (χ1v) is 6.07. The minimum atomic E-state index is -4.01. The molecule has 1 fully saturated rings. The Labute approximate surface area is 87.7 Å². The van der Waals surface area contributed by atoms with Gasteiger partial charge in [0.1, 0.15) is 0 Å². The quantitative estimate of drug-likeness (QED) is 0.288. The fourth-order valence-electron chi connectivity index (χ4n) is 1.08. The van der Waals surface area contributed by atoms with Crippen molar-refractivity contribution in [2.75, 3.05) is 6.61 Å². The maximum absolute atomic E-state index is 11.4. The standard InChI is InChI=1S/C8H12O6S/c1-2-3-4-13-15(11,12)6-5-7(9)14-8(6)10/h6H,2-5H2,1H3. The van der Waals surface area contributed by atoms with Crippen LogP contribution in [0.25, 0.3) is 0 Å². The number of hydrogen-bond acceptors (Lipinski definition) is 6. The van der Waals surface area contributed by atoms with Gasteiger partial charge in [-0.2, -0.15) is 8.42 Å². The molecular formula is C8H12O6S. The Kier molecular flexibility index (Phi) is 3.81. The molecule has 1 rings (SSSR count). The molecule has 1 saturated heterocycles. The molecule has 15 heavy (non-hydrogen) atoms. The summed E-state index contributed by atoms with van der Waals surface area (Å²) in [5.74, 6) is -1.87. The summed E-state index contributed by atoms with van der Waals surface area (Å²) in [6, 6.07) is 0. The fraction of sp³-hybridized carbons (Fsp3) is 0.750. The van der Waals surface area contributed by atoms with Gasteiger partial charge in [0.15, 0.2) is 5.25 Å². The molecule has 7 heteroatoms. The summed E-state index contributed by atoms with van der Waals surface area (Å²) in [6.45, 7) is 1.90. The van der Waals surface area contributed by atoms with Crippen molar-refractivity contribution in [3.8, 4) is 0 Å². The maximum atomic E-state index is 11.4. The van der Waals surface area contributed by atoms with E-state index in [0.29, 0.717) is 6.42 Å². The molecule has 0 bridgehead atoms. The van der Waals surface area contributed by atoms with Crippen LogP contribution in [0.1, 0.15) is 26.2 Å². The van der Waals surface area contributed by atoms with E-state index < -0.39 is 33.7 Å². The van der Waals surface area contributed by atoms with Gasteiger partial charge in [-0.1, -0.05) is 13.3 Å². The molecule has 0 N–H and O–H groups in total. The van der Waals surface area contributed by atoms with Crippen molar-refractivity contribution in [1.29, 1.82) is 0 Å². The minimum Gasteiger partial charge on any atom is -0.392 e. The molecule has 1 unspecified atom stereocenters. The van der Waals surface area contributed by atoms with Gasteiger partial charge in [0, 0.05) is 0 Å². The number of ether oxygens (including phenoxy) is 1. The van der Waals surface area contributed by atoms with Gasteiger partial charge in [0.2, 0.25) is 0 Å². The van der Waals surface area contributed by atoms with Crippen LogP contribution in [0.5, 0.6) is 0 Å². The summed E-state index contributed by atoms with van der Waals surface area (Å²) in [5, 5.41) is -1.48.